The number of aryl methyl sites for hydroxylation is 1. The molecule has 1 aliphatic rings. The number of carbonyl (C=O) groups excluding carboxylic acids is 3. The molecule has 8 nitrogen and oxygen atoms in total. The Morgan fingerprint density at radius 1 is 1.17 bits per heavy atom. The molecule has 8 heteroatoms. The standard InChI is InChI=1S/C21H27N5O3/c1-15(27)26-13-17(20(28)23-12-16-5-3-9-22-11-16)7-8-18(14-26)24-21(29)19-6-4-10-25(19)2/h3-6,9-11,17-18H,7-8,12-14H2,1-2H3,(H,23,28)(H,24,29)/t17-,18+/m1/s1. The lowest BCUT2D eigenvalue weighted by Crippen LogP contribution is -2.45. The van der Waals surface area contributed by atoms with Gasteiger partial charge >= 0.3 is 0 Å². The summed E-state index contributed by atoms with van der Waals surface area (Å²) in [7, 11) is 1.81. The fraction of sp³-hybridized carbons (Fsp3) is 0.429. The topological polar surface area (TPSA) is 96.3 Å². The summed E-state index contributed by atoms with van der Waals surface area (Å²) < 4.78 is 1.75. The molecule has 1 saturated heterocycles. The van der Waals surface area contributed by atoms with Gasteiger partial charge in [-0.25, -0.2) is 0 Å². The average Bonchev–Trinajstić information content (AvgIpc) is 3.02. The van der Waals surface area contributed by atoms with E-state index in [-0.39, 0.29) is 29.7 Å². The normalized spacial score (nSPS) is 19.3. The predicted octanol–water partition coefficient (Wildman–Crippen LogP) is 1.09. The first kappa shape index (κ1) is 20.6. The molecule has 1 aliphatic heterocycles. The van der Waals surface area contributed by atoms with Crippen LogP contribution in [0, 0.1) is 5.92 Å². The molecule has 0 bridgehead atoms. The van der Waals surface area contributed by atoms with Crippen molar-refractivity contribution < 1.29 is 14.4 Å². The Bertz CT molecular complexity index is 864. The number of carbonyl (C=O) groups is 3. The summed E-state index contributed by atoms with van der Waals surface area (Å²) in [5, 5.41) is 5.94. The van der Waals surface area contributed by atoms with Gasteiger partial charge in [0.15, 0.2) is 0 Å². The second-order valence-corrected chi connectivity index (χ2v) is 7.45. The van der Waals surface area contributed by atoms with Crippen LogP contribution in [0.3, 0.4) is 0 Å². The second kappa shape index (κ2) is 9.36. The monoisotopic (exact) mass is 397 g/mol. The number of likely N-dealkylation sites (tertiary alicyclic amines) is 1. The SMILES string of the molecule is CC(=O)N1C[C@@H](NC(=O)c2cccn2C)CC[C@@H](C(=O)NCc2cccnc2)C1. The van der Waals surface area contributed by atoms with Crippen molar-refractivity contribution in [3.63, 3.8) is 0 Å². The van der Waals surface area contributed by atoms with Gasteiger partial charge in [0.2, 0.25) is 11.8 Å². The zero-order valence-corrected chi connectivity index (χ0v) is 16.8. The largest absolute Gasteiger partial charge is 0.352 e. The summed E-state index contributed by atoms with van der Waals surface area (Å²) >= 11 is 0. The van der Waals surface area contributed by atoms with Crippen LogP contribution in [0.5, 0.6) is 0 Å². The Kier molecular flexibility index (Phi) is 6.64. The average molecular weight is 397 g/mol. The maximum atomic E-state index is 12.7. The van der Waals surface area contributed by atoms with Crippen LogP contribution in [0.15, 0.2) is 42.9 Å². The third-order valence-electron chi connectivity index (χ3n) is 5.26. The molecule has 0 saturated carbocycles. The first-order valence-electron chi connectivity index (χ1n) is 9.78. The quantitative estimate of drug-likeness (QED) is 0.790. The van der Waals surface area contributed by atoms with Crippen LogP contribution in [0.4, 0.5) is 0 Å². The highest BCUT2D eigenvalue weighted by atomic mass is 16.2. The summed E-state index contributed by atoms with van der Waals surface area (Å²) in [4.78, 5) is 43.0. The van der Waals surface area contributed by atoms with E-state index in [2.05, 4.69) is 15.6 Å². The van der Waals surface area contributed by atoms with Crippen molar-refractivity contribution in [2.75, 3.05) is 13.1 Å². The van der Waals surface area contributed by atoms with Crippen LogP contribution < -0.4 is 10.6 Å². The molecule has 2 atom stereocenters. The van der Waals surface area contributed by atoms with E-state index >= 15 is 0 Å². The van der Waals surface area contributed by atoms with Gasteiger partial charge in [0, 0.05) is 58.2 Å². The summed E-state index contributed by atoms with van der Waals surface area (Å²) in [6.45, 7) is 2.64. The van der Waals surface area contributed by atoms with Crippen LogP contribution in [-0.2, 0) is 23.2 Å². The van der Waals surface area contributed by atoms with E-state index in [0.29, 0.717) is 38.2 Å². The van der Waals surface area contributed by atoms with E-state index in [0.717, 1.165) is 5.56 Å². The molecular formula is C21H27N5O3. The number of hydrogen-bond donors (Lipinski definition) is 2. The van der Waals surface area contributed by atoms with E-state index < -0.39 is 0 Å². The summed E-state index contributed by atoms with van der Waals surface area (Å²) in [6.07, 6.45) is 6.44. The van der Waals surface area contributed by atoms with Crippen LogP contribution in [0.25, 0.3) is 0 Å². The van der Waals surface area contributed by atoms with E-state index in [4.69, 9.17) is 0 Å². The number of nitrogens with zero attached hydrogens (tertiary/aromatic N) is 3. The van der Waals surface area contributed by atoms with Crippen molar-refractivity contribution in [3.05, 3.63) is 54.1 Å². The van der Waals surface area contributed by atoms with Gasteiger partial charge in [0.1, 0.15) is 5.69 Å². The fourth-order valence-corrected chi connectivity index (χ4v) is 3.57. The molecular weight excluding hydrogens is 370 g/mol. The van der Waals surface area contributed by atoms with Crippen LogP contribution in [0.1, 0.15) is 35.8 Å². The minimum atomic E-state index is -0.312. The van der Waals surface area contributed by atoms with Crippen LogP contribution in [-0.4, -0.2) is 51.3 Å². The molecule has 2 aromatic rings. The maximum absolute atomic E-state index is 12.7. The Morgan fingerprint density at radius 2 is 2.00 bits per heavy atom. The summed E-state index contributed by atoms with van der Waals surface area (Å²) in [6, 6.07) is 7.09. The Labute approximate surface area is 170 Å². The highest BCUT2D eigenvalue weighted by molar-refractivity contribution is 5.93. The van der Waals surface area contributed by atoms with Crippen LogP contribution in [0.2, 0.25) is 0 Å². The van der Waals surface area contributed by atoms with Gasteiger partial charge in [-0.1, -0.05) is 6.07 Å². The summed E-state index contributed by atoms with van der Waals surface area (Å²) in [5.74, 6) is -0.678. The second-order valence-electron chi connectivity index (χ2n) is 7.45. The molecule has 0 radical (unpaired) electrons. The Balaban J connectivity index is 1.61. The zero-order chi connectivity index (χ0) is 20.8. The predicted molar refractivity (Wildman–Crippen MR) is 108 cm³/mol. The molecule has 3 rings (SSSR count). The molecule has 2 N–H and O–H groups in total. The minimum Gasteiger partial charge on any atom is -0.352 e. The van der Waals surface area contributed by atoms with Crippen molar-refractivity contribution in [2.45, 2.75) is 32.4 Å². The smallest absolute Gasteiger partial charge is 0.268 e. The van der Waals surface area contributed by atoms with Gasteiger partial charge in [-0.3, -0.25) is 19.4 Å². The fourth-order valence-electron chi connectivity index (χ4n) is 3.57. The van der Waals surface area contributed by atoms with Crippen molar-refractivity contribution in [2.24, 2.45) is 13.0 Å². The number of rotatable bonds is 5. The highest BCUT2D eigenvalue weighted by Crippen LogP contribution is 2.18. The highest BCUT2D eigenvalue weighted by Gasteiger charge is 2.30. The van der Waals surface area contributed by atoms with Crippen molar-refractivity contribution in [3.8, 4) is 0 Å². The lowest BCUT2D eigenvalue weighted by molar-refractivity contribution is -0.131. The summed E-state index contributed by atoms with van der Waals surface area (Å²) in [5.41, 5.74) is 1.49. The first-order chi connectivity index (χ1) is 13.9. The van der Waals surface area contributed by atoms with Crippen LogP contribution >= 0.6 is 0 Å². The number of nitrogens with one attached hydrogen (secondary N) is 2. The van der Waals surface area contributed by atoms with Gasteiger partial charge in [0.25, 0.3) is 5.91 Å². The van der Waals surface area contributed by atoms with Crippen molar-refractivity contribution in [1.29, 1.82) is 0 Å². The van der Waals surface area contributed by atoms with Gasteiger partial charge < -0.3 is 20.1 Å². The first-order valence-corrected chi connectivity index (χ1v) is 9.78. The van der Waals surface area contributed by atoms with E-state index in [1.807, 2.05) is 31.4 Å². The Morgan fingerprint density at radius 3 is 2.66 bits per heavy atom. The zero-order valence-electron chi connectivity index (χ0n) is 16.8. The van der Waals surface area contributed by atoms with Gasteiger partial charge in [-0.05, 0) is 36.6 Å². The molecule has 0 aromatic carbocycles. The van der Waals surface area contributed by atoms with E-state index in [1.165, 1.54) is 6.92 Å². The van der Waals surface area contributed by atoms with Gasteiger partial charge in [-0.2, -0.15) is 0 Å². The molecule has 29 heavy (non-hydrogen) atoms. The minimum absolute atomic E-state index is 0.0884. The lowest BCUT2D eigenvalue weighted by atomic mass is 10.0. The Hall–Kier alpha value is -3.16. The number of amides is 3. The third-order valence-corrected chi connectivity index (χ3v) is 5.26. The maximum Gasteiger partial charge on any atom is 0.268 e. The molecule has 0 spiro atoms. The molecule has 3 heterocycles. The molecule has 1 fully saturated rings. The molecule has 2 aromatic heterocycles. The van der Waals surface area contributed by atoms with Crippen molar-refractivity contribution in [1.82, 2.24) is 25.1 Å². The van der Waals surface area contributed by atoms with Gasteiger partial charge in [0.05, 0.1) is 5.92 Å². The number of hydrogen-bond acceptors (Lipinski definition) is 4. The number of pyridine rings is 1. The molecule has 3 amide bonds. The molecule has 154 valence electrons. The van der Waals surface area contributed by atoms with Gasteiger partial charge in [-0.15, -0.1) is 0 Å². The van der Waals surface area contributed by atoms with E-state index in [1.54, 1.807) is 27.9 Å². The number of aromatic nitrogens is 2. The third kappa shape index (κ3) is 5.43. The molecule has 0 aliphatic carbocycles. The lowest BCUT2D eigenvalue weighted by Gasteiger charge is -2.25. The molecule has 0 unspecified atom stereocenters. The van der Waals surface area contributed by atoms with Crippen molar-refractivity contribution >= 4 is 17.7 Å². The van der Waals surface area contributed by atoms with E-state index in [9.17, 15) is 14.4 Å².